The lowest BCUT2D eigenvalue weighted by Crippen LogP contribution is -2.50. The van der Waals surface area contributed by atoms with E-state index < -0.39 is 18.1 Å². The number of piperidine rings is 1. The van der Waals surface area contributed by atoms with E-state index in [1.54, 1.807) is 29.2 Å². The van der Waals surface area contributed by atoms with E-state index in [-0.39, 0.29) is 43.2 Å². The third-order valence-electron chi connectivity index (χ3n) is 7.45. The van der Waals surface area contributed by atoms with Crippen LogP contribution in [-0.4, -0.2) is 85.2 Å². The van der Waals surface area contributed by atoms with Crippen molar-refractivity contribution in [1.82, 2.24) is 26.2 Å². The van der Waals surface area contributed by atoms with E-state index in [4.69, 9.17) is 16.3 Å². The van der Waals surface area contributed by atoms with E-state index in [9.17, 15) is 24.3 Å². The zero-order valence-electron chi connectivity index (χ0n) is 23.8. The molecule has 2 atom stereocenters. The molecule has 12 nitrogen and oxygen atoms in total. The van der Waals surface area contributed by atoms with Crippen molar-refractivity contribution >= 4 is 41.4 Å². The van der Waals surface area contributed by atoms with Gasteiger partial charge < -0.3 is 36.0 Å². The summed E-state index contributed by atoms with van der Waals surface area (Å²) in [6.07, 6.45) is 0.293. The van der Waals surface area contributed by atoms with E-state index in [0.717, 1.165) is 23.6 Å². The summed E-state index contributed by atoms with van der Waals surface area (Å²) in [6.45, 7) is 2.55. The van der Waals surface area contributed by atoms with Crippen LogP contribution in [0.3, 0.4) is 0 Å². The second kappa shape index (κ2) is 15.8. The highest BCUT2D eigenvalue weighted by Crippen LogP contribution is 2.24. The molecule has 0 aromatic heterocycles. The van der Waals surface area contributed by atoms with Crippen LogP contribution >= 0.6 is 11.6 Å². The number of carboxylic acid groups (broad SMARTS) is 1. The number of guanidine groups is 1. The normalized spacial score (nSPS) is 16.3. The Morgan fingerprint density at radius 1 is 1.05 bits per heavy atom. The smallest absolute Gasteiger partial charge is 0.408 e. The molecule has 0 radical (unpaired) electrons. The molecule has 43 heavy (non-hydrogen) atoms. The Balaban J connectivity index is 1.22. The van der Waals surface area contributed by atoms with Gasteiger partial charge in [0.2, 0.25) is 11.8 Å². The topological polar surface area (TPSA) is 161 Å². The number of nitrogens with one attached hydrogen (secondary N) is 4. The molecule has 0 bridgehead atoms. The molecule has 2 aliphatic heterocycles. The van der Waals surface area contributed by atoms with E-state index in [0.29, 0.717) is 44.0 Å². The Morgan fingerprint density at radius 2 is 1.77 bits per heavy atom. The van der Waals surface area contributed by atoms with Crippen LogP contribution in [0.25, 0.3) is 0 Å². The number of carboxylic acids is 1. The van der Waals surface area contributed by atoms with E-state index in [1.165, 1.54) is 0 Å². The summed E-state index contributed by atoms with van der Waals surface area (Å²) in [5, 5.41) is 21.5. The fourth-order valence-corrected chi connectivity index (χ4v) is 5.09. The highest BCUT2D eigenvalue weighted by atomic mass is 35.5. The molecule has 1 unspecified atom stereocenters. The number of carbonyl (C=O) groups excluding carboxylic acids is 3. The number of hydrogen-bond acceptors (Lipinski definition) is 8. The maximum Gasteiger partial charge on any atom is 0.408 e. The maximum absolute atomic E-state index is 13.3. The van der Waals surface area contributed by atoms with Crippen molar-refractivity contribution in [1.29, 1.82) is 0 Å². The van der Waals surface area contributed by atoms with Gasteiger partial charge in [-0.15, -0.1) is 0 Å². The Kier molecular flexibility index (Phi) is 11.6. The molecule has 1 fully saturated rings. The molecular weight excluding hydrogens is 576 g/mol. The van der Waals surface area contributed by atoms with Crippen LogP contribution in [0.4, 0.5) is 4.79 Å². The van der Waals surface area contributed by atoms with Gasteiger partial charge in [0, 0.05) is 56.0 Å². The van der Waals surface area contributed by atoms with Gasteiger partial charge in [0.1, 0.15) is 12.6 Å². The van der Waals surface area contributed by atoms with Crippen LogP contribution in [0.2, 0.25) is 5.02 Å². The van der Waals surface area contributed by atoms with Crippen molar-refractivity contribution in [3.05, 3.63) is 70.7 Å². The number of alkyl carbamates (subject to hydrolysis) is 1. The summed E-state index contributed by atoms with van der Waals surface area (Å²) in [7, 11) is 0. The predicted molar refractivity (Wildman–Crippen MR) is 161 cm³/mol. The molecule has 5 N–H and O–H groups in total. The number of rotatable bonds is 12. The molecule has 1 saturated heterocycles. The van der Waals surface area contributed by atoms with Gasteiger partial charge in [-0.3, -0.25) is 14.6 Å². The first kappa shape index (κ1) is 31.6. The second-order valence-electron chi connectivity index (χ2n) is 10.5. The molecular formula is C30H37ClN6O6. The lowest BCUT2D eigenvalue weighted by molar-refractivity contribution is -0.140. The minimum absolute atomic E-state index is 0.00781. The lowest BCUT2D eigenvalue weighted by Gasteiger charge is -2.32. The van der Waals surface area contributed by atoms with Crippen LogP contribution in [0.5, 0.6) is 0 Å². The van der Waals surface area contributed by atoms with Crippen molar-refractivity contribution in [2.24, 2.45) is 10.9 Å². The third kappa shape index (κ3) is 9.88. The molecule has 4 rings (SSSR count). The molecule has 230 valence electrons. The van der Waals surface area contributed by atoms with Crippen molar-refractivity contribution in [2.45, 2.75) is 37.8 Å². The number of carbonyl (C=O) groups is 4. The summed E-state index contributed by atoms with van der Waals surface area (Å²) in [6, 6.07) is 15.1. The number of aliphatic carboxylic acids is 1. The third-order valence-corrected chi connectivity index (χ3v) is 7.71. The van der Waals surface area contributed by atoms with E-state index >= 15 is 0 Å². The van der Waals surface area contributed by atoms with Crippen LogP contribution in [0.15, 0.2) is 59.6 Å². The van der Waals surface area contributed by atoms with Gasteiger partial charge in [0.05, 0.1) is 6.54 Å². The summed E-state index contributed by atoms with van der Waals surface area (Å²) in [5.74, 6) is -1.36. The largest absolute Gasteiger partial charge is 0.480 e. The van der Waals surface area contributed by atoms with Gasteiger partial charge >= 0.3 is 12.1 Å². The monoisotopic (exact) mass is 612 g/mol. The van der Waals surface area contributed by atoms with Crippen LogP contribution in [-0.2, 0) is 25.7 Å². The van der Waals surface area contributed by atoms with Crippen molar-refractivity contribution in [3.8, 4) is 0 Å². The Morgan fingerprint density at radius 3 is 2.42 bits per heavy atom. The summed E-state index contributed by atoms with van der Waals surface area (Å²) < 4.78 is 5.09. The number of ether oxygens (including phenoxy) is 1. The average Bonchev–Trinajstić information content (AvgIpc) is 3.55. The number of likely N-dealkylation sites (tertiary alicyclic amines) is 1. The molecule has 2 aromatic rings. The number of nitrogens with zero attached hydrogens (tertiary/aromatic N) is 2. The average molecular weight is 613 g/mol. The van der Waals surface area contributed by atoms with Crippen molar-refractivity contribution < 1.29 is 29.0 Å². The van der Waals surface area contributed by atoms with E-state index in [1.807, 2.05) is 30.3 Å². The highest BCUT2D eigenvalue weighted by Gasteiger charge is 2.30. The molecule has 0 aliphatic carbocycles. The predicted octanol–water partition coefficient (Wildman–Crippen LogP) is 2.10. The van der Waals surface area contributed by atoms with Crippen molar-refractivity contribution in [2.75, 3.05) is 39.3 Å². The van der Waals surface area contributed by atoms with Gasteiger partial charge in [0.15, 0.2) is 5.96 Å². The van der Waals surface area contributed by atoms with Gasteiger partial charge in [0.25, 0.3) is 0 Å². The molecule has 3 amide bonds. The summed E-state index contributed by atoms with van der Waals surface area (Å²) >= 11 is 6.07. The zero-order chi connectivity index (χ0) is 30.6. The van der Waals surface area contributed by atoms with Gasteiger partial charge in [-0.05, 0) is 36.1 Å². The standard InChI is InChI=1S/C30H37ClN6O6/c31-24-8-6-21(7-9-24)23(17-35-29-32-12-13-33-29)16-26(38)37-14-10-22(11-15-37)27(39)34-18-25(28(40)41)36-30(42)43-19-20-4-2-1-3-5-20/h1-9,22-23,25H,10-19H2,(H,34,39)(H,36,42)(H,40,41)(H2,32,33,35)/t23?,25-/m1/s1. The fourth-order valence-electron chi connectivity index (χ4n) is 4.96. The van der Waals surface area contributed by atoms with Crippen LogP contribution in [0.1, 0.15) is 36.3 Å². The van der Waals surface area contributed by atoms with Gasteiger partial charge in [-0.2, -0.15) is 0 Å². The zero-order valence-corrected chi connectivity index (χ0v) is 24.5. The first-order valence-corrected chi connectivity index (χ1v) is 14.7. The highest BCUT2D eigenvalue weighted by molar-refractivity contribution is 6.30. The molecule has 2 heterocycles. The number of amides is 3. The summed E-state index contributed by atoms with van der Waals surface area (Å²) in [5.41, 5.74) is 1.75. The maximum atomic E-state index is 13.3. The quantitative estimate of drug-likeness (QED) is 0.243. The number of halogens is 1. The first-order chi connectivity index (χ1) is 20.8. The van der Waals surface area contributed by atoms with Crippen LogP contribution < -0.4 is 21.3 Å². The molecule has 13 heteroatoms. The molecule has 0 saturated carbocycles. The molecule has 2 aromatic carbocycles. The number of aliphatic imine (C=N–C) groups is 1. The molecule has 0 spiro atoms. The lowest BCUT2D eigenvalue weighted by atomic mass is 9.92. The van der Waals surface area contributed by atoms with E-state index in [2.05, 4.69) is 26.3 Å². The Labute approximate surface area is 255 Å². The van der Waals surface area contributed by atoms with Gasteiger partial charge in [-0.25, -0.2) is 9.59 Å². The summed E-state index contributed by atoms with van der Waals surface area (Å²) in [4.78, 5) is 56.0. The SMILES string of the molecule is O=C(N[C@H](CNC(=O)C1CCN(C(=O)CC(CNC2=NCCN2)c2ccc(Cl)cc2)CC1)C(=O)O)OCc1ccccc1. The fraction of sp³-hybridized carbons (Fsp3) is 0.433. The number of hydrogen-bond donors (Lipinski definition) is 5. The second-order valence-corrected chi connectivity index (χ2v) is 10.9. The van der Waals surface area contributed by atoms with Crippen LogP contribution in [0, 0.1) is 5.92 Å². The molecule has 2 aliphatic rings. The van der Waals surface area contributed by atoms with Crippen molar-refractivity contribution in [3.63, 3.8) is 0 Å². The Hall–Kier alpha value is -4.32. The number of benzene rings is 2. The minimum atomic E-state index is -1.35. The minimum Gasteiger partial charge on any atom is -0.480 e. The van der Waals surface area contributed by atoms with Gasteiger partial charge in [-0.1, -0.05) is 54.1 Å². The first-order valence-electron chi connectivity index (χ1n) is 14.3. The Bertz CT molecular complexity index is 1280.